The Morgan fingerprint density at radius 1 is 1.16 bits per heavy atom. The maximum atomic E-state index is 12.9. The SMILES string of the molecule is Cn1nc(C(=O)Nc2cccc(-c3cccc4c3cnn4C)c2C#N)cc1CNCCO. The lowest BCUT2D eigenvalue weighted by Crippen LogP contribution is -2.19. The Kier molecular flexibility index (Phi) is 5.98. The van der Waals surface area contributed by atoms with Gasteiger partial charge in [0.1, 0.15) is 6.07 Å². The number of fused-ring (bicyclic) bond motifs is 1. The van der Waals surface area contributed by atoms with E-state index in [0.29, 0.717) is 24.3 Å². The van der Waals surface area contributed by atoms with Gasteiger partial charge in [0.2, 0.25) is 0 Å². The van der Waals surface area contributed by atoms with Crippen LogP contribution in [0.25, 0.3) is 22.0 Å². The van der Waals surface area contributed by atoms with Gasteiger partial charge >= 0.3 is 0 Å². The number of aliphatic hydroxyl groups excluding tert-OH is 1. The molecule has 0 fully saturated rings. The molecule has 0 aliphatic rings. The first-order valence-electron chi connectivity index (χ1n) is 10.1. The fourth-order valence-electron chi connectivity index (χ4n) is 3.68. The highest BCUT2D eigenvalue weighted by Gasteiger charge is 2.18. The number of hydrogen-bond acceptors (Lipinski definition) is 6. The van der Waals surface area contributed by atoms with Gasteiger partial charge in [0.05, 0.1) is 35.3 Å². The van der Waals surface area contributed by atoms with Gasteiger partial charge in [0.25, 0.3) is 5.91 Å². The molecule has 1 amide bonds. The highest BCUT2D eigenvalue weighted by Crippen LogP contribution is 2.33. The van der Waals surface area contributed by atoms with Crippen LogP contribution in [-0.2, 0) is 20.6 Å². The maximum Gasteiger partial charge on any atom is 0.276 e. The third-order valence-electron chi connectivity index (χ3n) is 5.31. The molecule has 0 radical (unpaired) electrons. The molecule has 0 bridgehead atoms. The second-order valence-electron chi connectivity index (χ2n) is 7.35. The molecule has 9 nitrogen and oxygen atoms in total. The van der Waals surface area contributed by atoms with E-state index in [0.717, 1.165) is 27.7 Å². The number of aryl methyl sites for hydroxylation is 2. The van der Waals surface area contributed by atoms with Gasteiger partial charge in [-0.3, -0.25) is 14.2 Å². The van der Waals surface area contributed by atoms with Crippen LogP contribution in [0.5, 0.6) is 0 Å². The predicted molar refractivity (Wildman–Crippen MR) is 121 cm³/mol. The highest BCUT2D eigenvalue weighted by atomic mass is 16.3. The molecule has 0 spiro atoms. The number of rotatable bonds is 7. The van der Waals surface area contributed by atoms with Crippen LogP contribution in [0.3, 0.4) is 0 Å². The summed E-state index contributed by atoms with van der Waals surface area (Å²) in [4.78, 5) is 12.9. The summed E-state index contributed by atoms with van der Waals surface area (Å²) in [6, 6.07) is 15.1. The number of carbonyl (C=O) groups excluding carboxylic acids is 1. The van der Waals surface area contributed by atoms with Crippen LogP contribution < -0.4 is 10.6 Å². The van der Waals surface area contributed by atoms with Crippen molar-refractivity contribution in [1.29, 1.82) is 5.26 Å². The van der Waals surface area contributed by atoms with Crippen molar-refractivity contribution in [3.05, 3.63) is 65.6 Å². The number of aromatic nitrogens is 4. The molecule has 4 aromatic rings. The number of anilines is 1. The van der Waals surface area contributed by atoms with Crippen molar-refractivity contribution in [3.63, 3.8) is 0 Å². The van der Waals surface area contributed by atoms with Crippen molar-refractivity contribution in [2.24, 2.45) is 14.1 Å². The van der Waals surface area contributed by atoms with Crippen LogP contribution in [0.4, 0.5) is 5.69 Å². The fraction of sp³-hybridized carbons (Fsp3) is 0.217. The van der Waals surface area contributed by atoms with E-state index in [2.05, 4.69) is 26.9 Å². The maximum absolute atomic E-state index is 12.9. The Morgan fingerprint density at radius 2 is 1.94 bits per heavy atom. The molecular weight excluding hydrogens is 406 g/mol. The van der Waals surface area contributed by atoms with E-state index in [-0.39, 0.29) is 12.3 Å². The average molecular weight is 429 g/mol. The van der Waals surface area contributed by atoms with Crippen LogP contribution in [0.1, 0.15) is 21.7 Å². The summed E-state index contributed by atoms with van der Waals surface area (Å²) >= 11 is 0. The van der Waals surface area contributed by atoms with E-state index >= 15 is 0 Å². The molecule has 0 atom stereocenters. The Hall–Kier alpha value is -4.00. The number of amides is 1. The molecule has 0 saturated heterocycles. The topological polar surface area (TPSA) is 121 Å². The van der Waals surface area contributed by atoms with Crippen molar-refractivity contribution in [2.75, 3.05) is 18.5 Å². The molecular formula is C23H23N7O2. The summed E-state index contributed by atoms with van der Waals surface area (Å²) in [5.74, 6) is -0.401. The zero-order chi connectivity index (χ0) is 22.7. The summed E-state index contributed by atoms with van der Waals surface area (Å²) < 4.78 is 3.40. The van der Waals surface area contributed by atoms with Crippen LogP contribution in [0.15, 0.2) is 48.7 Å². The first-order chi connectivity index (χ1) is 15.5. The lowest BCUT2D eigenvalue weighted by atomic mass is 9.96. The highest BCUT2D eigenvalue weighted by molar-refractivity contribution is 6.05. The van der Waals surface area contributed by atoms with E-state index in [1.165, 1.54) is 0 Å². The molecule has 2 aromatic heterocycles. The fourth-order valence-corrected chi connectivity index (χ4v) is 3.68. The zero-order valence-corrected chi connectivity index (χ0v) is 17.8. The molecule has 0 aliphatic heterocycles. The van der Waals surface area contributed by atoms with E-state index in [1.807, 2.05) is 37.4 Å². The van der Waals surface area contributed by atoms with Gasteiger partial charge in [0.15, 0.2) is 5.69 Å². The summed E-state index contributed by atoms with van der Waals surface area (Å²) in [5, 5.41) is 34.2. The first kappa shape index (κ1) is 21.2. The minimum Gasteiger partial charge on any atom is -0.395 e. The number of carbonyl (C=O) groups is 1. The molecule has 2 heterocycles. The molecule has 0 unspecified atom stereocenters. The molecule has 3 N–H and O–H groups in total. The summed E-state index contributed by atoms with van der Waals surface area (Å²) in [5.41, 5.74) is 4.39. The smallest absolute Gasteiger partial charge is 0.276 e. The van der Waals surface area contributed by atoms with E-state index in [1.54, 1.807) is 34.7 Å². The van der Waals surface area contributed by atoms with Crippen molar-refractivity contribution >= 4 is 22.5 Å². The lowest BCUT2D eigenvalue weighted by Gasteiger charge is -2.11. The van der Waals surface area contributed by atoms with Crippen LogP contribution in [0, 0.1) is 11.3 Å². The Labute approximate surface area is 184 Å². The average Bonchev–Trinajstić information content (AvgIpc) is 3.36. The summed E-state index contributed by atoms with van der Waals surface area (Å²) in [7, 11) is 3.62. The van der Waals surface area contributed by atoms with Gasteiger partial charge in [-0.25, -0.2) is 0 Å². The molecule has 0 saturated carbocycles. The van der Waals surface area contributed by atoms with E-state index < -0.39 is 5.91 Å². The number of nitrogens with zero attached hydrogens (tertiary/aromatic N) is 5. The Morgan fingerprint density at radius 3 is 2.72 bits per heavy atom. The van der Waals surface area contributed by atoms with E-state index in [9.17, 15) is 10.1 Å². The lowest BCUT2D eigenvalue weighted by molar-refractivity contribution is 0.102. The minimum absolute atomic E-state index is 0.0330. The molecule has 0 aliphatic carbocycles. The van der Waals surface area contributed by atoms with Crippen LogP contribution in [0.2, 0.25) is 0 Å². The molecule has 32 heavy (non-hydrogen) atoms. The Balaban J connectivity index is 1.65. The van der Waals surface area contributed by atoms with Gasteiger partial charge < -0.3 is 15.7 Å². The molecule has 162 valence electrons. The molecule has 2 aromatic carbocycles. The van der Waals surface area contributed by atoms with Crippen molar-refractivity contribution in [1.82, 2.24) is 24.9 Å². The minimum atomic E-state index is -0.401. The predicted octanol–water partition coefficient (Wildman–Crippen LogP) is 2.18. The Bertz CT molecular complexity index is 1330. The van der Waals surface area contributed by atoms with E-state index in [4.69, 9.17) is 5.11 Å². The third-order valence-corrected chi connectivity index (χ3v) is 5.31. The quantitative estimate of drug-likeness (QED) is 0.387. The summed E-state index contributed by atoms with van der Waals surface area (Å²) in [6.07, 6.45) is 1.78. The second-order valence-corrected chi connectivity index (χ2v) is 7.35. The van der Waals surface area contributed by atoms with Gasteiger partial charge in [-0.15, -0.1) is 0 Å². The number of hydrogen-bond donors (Lipinski definition) is 3. The van der Waals surface area contributed by atoms with Crippen molar-refractivity contribution in [2.45, 2.75) is 6.54 Å². The normalized spacial score (nSPS) is 10.9. The van der Waals surface area contributed by atoms with Crippen LogP contribution in [-0.4, -0.2) is 43.7 Å². The van der Waals surface area contributed by atoms with Crippen molar-refractivity contribution < 1.29 is 9.90 Å². The number of aliphatic hydroxyl groups is 1. The summed E-state index contributed by atoms with van der Waals surface area (Å²) in [6.45, 7) is 0.964. The van der Waals surface area contributed by atoms with Gasteiger partial charge in [0, 0.05) is 38.1 Å². The largest absolute Gasteiger partial charge is 0.395 e. The number of nitriles is 1. The third kappa shape index (κ3) is 3.97. The van der Waals surface area contributed by atoms with Gasteiger partial charge in [-0.1, -0.05) is 24.3 Å². The van der Waals surface area contributed by atoms with Crippen LogP contribution >= 0.6 is 0 Å². The molecule has 9 heteroatoms. The molecule has 4 rings (SSSR count). The van der Waals surface area contributed by atoms with Gasteiger partial charge in [-0.05, 0) is 23.8 Å². The van der Waals surface area contributed by atoms with Crippen molar-refractivity contribution in [3.8, 4) is 17.2 Å². The standard InChI is InChI=1S/C23H23N7O2/c1-29-15(13-25-9-10-31)11-21(28-29)23(32)27-20-7-3-5-16(18(20)12-24)17-6-4-8-22-19(17)14-26-30(22)2/h3-8,11,14,25,31H,9-10,13H2,1-2H3,(H,27,32). The second kappa shape index (κ2) is 9.01. The monoisotopic (exact) mass is 429 g/mol. The van der Waals surface area contributed by atoms with Gasteiger partial charge in [-0.2, -0.15) is 15.5 Å². The number of benzene rings is 2. The zero-order valence-electron chi connectivity index (χ0n) is 17.8. The first-order valence-corrected chi connectivity index (χ1v) is 10.1. The number of nitrogens with one attached hydrogen (secondary N) is 2.